The van der Waals surface area contributed by atoms with Crippen LogP contribution in [0.25, 0.3) is 0 Å². The van der Waals surface area contributed by atoms with E-state index in [0.717, 1.165) is 0 Å². The second-order valence-corrected chi connectivity index (χ2v) is 5.97. The number of alkyl halides is 2. The summed E-state index contributed by atoms with van der Waals surface area (Å²) < 4.78 is 28.3. The van der Waals surface area contributed by atoms with Crippen molar-refractivity contribution in [3.05, 3.63) is 30.1 Å². The lowest BCUT2D eigenvalue weighted by Gasteiger charge is -2.30. The maximum absolute atomic E-state index is 14.2. The fraction of sp³-hybridized carbons (Fsp3) is 0.562. The third-order valence-electron chi connectivity index (χ3n) is 3.77. The monoisotopic (exact) mass is 343 g/mol. The van der Waals surface area contributed by atoms with E-state index in [4.69, 9.17) is 5.73 Å². The van der Waals surface area contributed by atoms with Crippen molar-refractivity contribution in [2.45, 2.75) is 38.7 Å². The van der Waals surface area contributed by atoms with Crippen molar-refractivity contribution in [3.63, 3.8) is 0 Å². The highest BCUT2D eigenvalue weighted by Gasteiger charge is 2.50. The zero-order valence-electron chi connectivity index (χ0n) is 13.7. The molecule has 134 valence electrons. The van der Waals surface area contributed by atoms with E-state index in [9.17, 15) is 23.5 Å². The van der Waals surface area contributed by atoms with Gasteiger partial charge in [0.15, 0.2) is 0 Å². The van der Waals surface area contributed by atoms with E-state index in [1.807, 2.05) is 0 Å². The number of rotatable bonds is 9. The third kappa shape index (κ3) is 5.52. The lowest BCUT2D eigenvalue weighted by molar-refractivity contribution is -0.173. The van der Waals surface area contributed by atoms with Gasteiger partial charge in [-0.3, -0.25) is 14.6 Å². The maximum atomic E-state index is 14.2. The van der Waals surface area contributed by atoms with Gasteiger partial charge in [0.1, 0.15) is 6.10 Å². The van der Waals surface area contributed by atoms with Crippen molar-refractivity contribution in [2.75, 3.05) is 6.54 Å². The number of aliphatic hydroxyl groups excluding tert-OH is 1. The van der Waals surface area contributed by atoms with Crippen molar-refractivity contribution >= 4 is 11.8 Å². The predicted molar refractivity (Wildman–Crippen MR) is 84.0 cm³/mol. The predicted octanol–water partition coefficient (Wildman–Crippen LogP) is 0.884. The van der Waals surface area contributed by atoms with E-state index in [2.05, 4.69) is 10.3 Å². The van der Waals surface area contributed by atoms with E-state index in [1.165, 1.54) is 0 Å². The molecule has 2 atom stereocenters. The van der Waals surface area contributed by atoms with Crippen LogP contribution in [0.1, 0.15) is 26.0 Å². The van der Waals surface area contributed by atoms with Gasteiger partial charge in [-0.25, -0.2) is 0 Å². The van der Waals surface area contributed by atoms with Crippen LogP contribution in [-0.2, 0) is 16.0 Å². The quantitative estimate of drug-likeness (QED) is 0.619. The Morgan fingerprint density at radius 1 is 1.38 bits per heavy atom. The number of nitrogens with two attached hydrogens (primary N) is 1. The van der Waals surface area contributed by atoms with Crippen LogP contribution in [0.4, 0.5) is 8.78 Å². The molecule has 0 aliphatic carbocycles. The number of hydrogen-bond donors (Lipinski definition) is 3. The summed E-state index contributed by atoms with van der Waals surface area (Å²) in [5.74, 6) is -7.96. The summed E-state index contributed by atoms with van der Waals surface area (Å²) in [5, 5.41) is 12.0. The molecule has 0 bridgehead atoms. The van der Waals surface area contributed by atoms with Gasteiger partial charge < -0.3 is 16.2 Å². The molecule has 1 heterocycles. The van der Waals surface area contributed by atoms with Gasteiger partial charge in [-0.2, -0.15) is 8.78 Å². The van der Waals surface area contributed by atoms with Gasteiger partial charge in [0, 0.05) is 37.2 Å². The number of pyridine rings is 1. The number of nitrogens with zero attached hydrogens (tertiary/aromatic N) is 1. The minimum atomic E-state index is -4.02. The summed E-state index contributed by atoms with van der Waals surface area (Å²) in [4.78, 5) is 26.8. The molecular weight excluding hydrogens is 320 g/mol. The molecule has 8 heteroatoms. The Morgan fingerprint density at radius 2 is 2.04 bits per heavy atom. The normalized spacial score (nSPS) is 14.2. The SMILES string of the molecule is CC(C)C(CC(N)=O)C(O)C(F)(F)C(=O)NCCc1ccccn1. The molecular formula is C16H23F2N3O3. The summed E-state index contributed by atoms with van der Waals surface area (Å²) in [5.41, 5.74) is 5.68. The van der Waals surface area contributed by atoms with Crippen LogP contribution in [0.2, 0.25) is 0 Å². The number of nitrogens with one attached hydrogen (secondary N) is 1. The summed E-state index contributed by atoms with van der Waals surface area (Å²) in [6, 6.07) is 5.18. The molecule has 0 aromatic carbocycles. The minimum Gasteiger partial charge on any atom is -0.386 e. The van der Waals surface area contributed by atoms with Gasteiger partial charge in [-0.05, 0) is 18.1 Å². The number of primary amides is 1. The summed E-state index contributed by atoms with van der Waals surface area (Å²) in [7, 11) is 0. The molecule has 1 aromatic rings. The third-order valence-corrected chi connectivity index (χ3v) is 3.77. The first-order valence-corrected chi connectivity index (χ1v) is 7.68. The number of amides is 2. The van der Waals surface area contributed by atoms with Crippen molar-refractivity contribution < 1.29 is 23.5 Å². The van der Waals surface area contributed by atoms with E-state index in [0.29, 0.717) is 5.69 Å². The van der Waals surface area contributed by atoms with Gasteiger partial charge in [0.2, 0.25) is 5.91 Å². The molecule has 0 aliphatic heterocycles. The van der Waals surface area contributed by atoms with Crippen LogP contribution in [-0.4, -0.2) is 40.5 Å². The number of carbonyl (C=O) groups is 2. The lowest BCUT2D eigenvalue weighted by Crippen LogP contribution is -2.53. The first kappa shape index (κ1) is 20.0. The van der Waals surface area contributed by atoms with Gasteiger partial charge >= 0.3 is 5.92 Å². The first-order chi connectivity index (χ1) is 11.2. The Hall–Kier alpha value is -2.09. The van der Waals surface area contributed by atoms with Crippen LogP contribution in [0, 0.1) is 11.8 Å². The lowest BCUT2D eigenvalue weighted by atomic mass is 9.84. The first-order valence-electron chi connectivity index (χ1n) is 7.68. The van der Waals surface area contributed by atoms with E-state index < -0.39 is 42.1 Å². The van der Waals surface area contributed by atoms with Crippen LogP contribution in [0.15, 0.2) is 24.4 Å². The second-order valence-electron chi connectivity index (χ2n) is 5.97. The topological polar surface area (TPSA) is 105 Å². The van der Waals surface area contributed by atoms with Crippen LogP contribution in [0.5, 0.6) is 0 Å². The van der Waals surface area contributed by atoms with E-state index in [-0.39, 0.29) is 13.0 Å². The highest BCUT2D eigenvalue weighted by Crippen LogP contribution is 2.31. The Morgan fingerprint density at radius 3 is 2.54 bits per heavy atom. The summed E-state index contributed by atoms with van der Waals surface area (Å²) in [6.45, 7) is 3.11. The highest BCUT2D eigenvalue weighted by atomic mass is 19.3. The molecule has 0 spiro atoms. The van der Waals surface area contributed by atoms with Crippen LogP contribution in [0.3, 0.4) is 0 Å². The maximum Gasteiger partial charge on any atom is 0.349 e. The molecule has 1 rings (SSSR count). The molecule has 2 unspecified atom stereocenters. The molecule has 0 saturated heterocycles. The molecule has 0 aliphatic rings. The van der Waals surface area contributed by atoms with Gasteiger partial charge in [0.25, 0.3) is 5.91 Å². The average Bonchev–Trinajstić information content (AvgIpc) is 2.52. The molecule has 0 saturated carbocycles. The molecule has 1 aromatic heterocycles. The summed E-state index contributed by atoms with van der Waals surface area (Å²) in [6.07, 6.45) is -0.865. The number of carbonyl (C=O) groups excluding carboxylic acids is 2. The fourth-order valence-corrected chi connectivity index (χ4v) is 2.32. The zero-order valence-corrected chi connectivity index (χ0v) is 13.7. The van der Waals surface area contributed by atoms with Crippen molar-refractivity contribution in [1.29, 1.82) is 0 Å². The molecule has 0 radical (unpaired) electrons. The Labute approximate surface area is 139 Å². The molecule has 2 amide bonds. The average molecular weight is 343 g/mol. The molecule has 6 nitrogen and oxygen atoms in total. The van der Waals surface area contributed by atoms with Crippen molar-refractivity contribution in [1.82, 2.24) is 10.3 Å². The fourth-order valence-electron chi connectivity index (χ4n) is 2.32. The standard InChI is InChI=1S/C16H23F2N3O3/c1-10(2)12(9-13(19)22)14(23)16(17,18)15(24)21-8-6-11-5-3-4-7-20-11/h3-5,7,10,12,14,23H,6,8-9H2,1-2H3,(H2,19,22)(H,21,24). The van der Waals surface area contributed by atoms with Gasteiger partial charge in [0.05, 0.1) is 0 Å². The number of hydrogen-bond acceptors (Lipinski definition) is 4. The minimum absolute atomic E-state index is 0.0413. The van der Waals surface area contributed by atoms with Crippen LogP contribution >= 0.6 is 0 Å². The van der Waals surface area contributed by atoms with E-state index >= 15 is 0 Å². The molecule has 0 fully saturated rings. The number of halogens is 2. The highest BCUT2D eigenvalue weighted by molar-refractivity contribution is 5.84. The Balaban J connectivity index is 2.66. The molecule has 24 heavy (non-hydrogen) atoms. The largest absolute Gasteiger partial charge is 0.386 e. The zero-order chi connectivity index (χ0) is 18.3. The number of aromatic nitrogens is 1. The van der Waals surface area contributed by atoms with Gasteiger partial charge in [-0.15, -0.1) is 0 Å². The Bertz CT molecular complexity index is 553. The summed E-state index contributed by atoms with van der Waals surface area (Å²) >= 11 is 0. The van der Waals surface area contributed by atoms with Crippen molar-refractivity contribution in [2.24, 2.45) is 17.6 Å². The van der Waals surface area contributed by atoms with Crippen molar-refractivity contribution in [3.8, 4) is 0 Å². The van der Waals surface area contributed by atoms with Gasteiger partial charge in [-0.1, -0.05) is 19.9 Å². The second kappa shape index (κ2) is 8.68. The van der Waals surface area contributed by atoms with E-state index in [1.54, 1.807) is 38.2 Å². The van der Waals surface area contributed by atoms with Crippen LogP contribution < -0.4 is 11.1 Å². The smallest absolute Gasteiger partial charge is 0.349 e. The number of aliphatic hydroxyl groups is 1. The molecule has 4 N–H and O–H groups in total. The Kier molecular flexibility index (Phi) is 7.21.